The highest BCUT2D eigenvalue weighted by molar-refractivity contribution is 5.38. The zero-order valence-corrected chi connectivity index (χ0v) is 13.0. The predicted octanol–water partition coefficient (Wildman–Crippen LogP) is 2.00. The molecule has 0 saturated carbocycles. The Labute approximate surface area is 126 Å². The molecule has 0 bridgehead atoms. The van der Waals surface area contributed by atoms with E-state index >= 15 is 0 Å². The largest absolute Gasteiger partial charge is 0.310 e. The van der Waals surface area contributed by atoms with Crippen LogP contribution in [0.4, 0.5) is 0 Å². The van der Waals surface area contributed by atoms with E-state index in [1.807, 2.05) is 23.7 Å². The van der Waals surface area contributed by atoms with Crippen LogP contribution in [0.25, 0.3) is 5.65 Å². The number of nitrogens with one attached hydrogen (secondary N) is 1. The summed E-state index contributed by atoms with van der Waals surface area (Å²) >= 11 is 0. The van der Waals surface area contributed by atoms with E-state index in [1.165, 1.54) is 44.5 Å². The maximum absolute atomic E-state index is 4.45. The van der Waals surface area contributed by atoms with Crippen molar-refractivity contribution in [2.24, 2.45) is 0 Å². The molecule has 21 heavy (non-hydrogen) atoms. The van der Waals surface area contributed by atoms with Gasteiger partial charge in [0, 0.05) is 36.6 Å². The van der Waals surface area contributed by atoms with Crippen molar-refractivity contribution in [3.05, 3.63) is 29.7 Å². The van der Waals surface area contributed by atoms with Crippen molar-refractivity contribution in [3.8, 4) is 0 Å². The van der Waals surface area contributed by atoms with E-state index in [-0.39, 0.29) is 0 Å². The Morgan fingerprint density at radius 3 is 2.90 bits per heavy atom. The van der Waals surface area contributed by atoms with Gasteiger partial charge in [-0.2, -0.15) is 5.10 Å². The molecule has 5 heteroatoms. The molecule has 0 aromatic carbocycles. The second kappa shape index (κ2) is 6.54. The summed E-state index contributed by atoms with van der Waals surface area (Å²) in [6.45, 7) is 8.82. The Kier molecular flexibility index (Phi) is 4.51. The van der Waals surface area contributed by atoms with E-state index < -0.39 is 0 Å². The van der Waals surface area contributed by atoms with Crippen LogP contribution >= 0.6 is 0 Å². The van der Waals surface area contributed by atoms with E-state index in [2.05, 4.69) is 33.4 Å². The molecule has 1 saturated heterocycles. The summed E-state index contributed by atoms with van der Waals surface area (Å²) in [5, 5.41) is 8.08. The van der Waals surface area contributed by atoms with Crippen LogP contribution in [0.1, 0.15) is 37.4 Å². The van der Waals surface area contributed by atoms with Crippen LogP contribution in [0.15, 0.2) is 18.5 Å². The predicted molar refractivity (Wildman–Crippen MR) is 84.3 cm³/mol. The summed E-state index contributed by atoms with van der Waals surface area (Å²) in [5.74, 6) is 0. The molecule has 0 spiro atoms. The minimum Gasteiger partial charge on any atom is -0.310 e. The van der Waals surface area contributed by atoms with Gasteiger partial charge in [0.25, 0.3) is 0 Å². The Bertz CT molecular complexity index is 583. The molecular weight excluding hydrogens is 262 g/mol. The summed E-state index contributed by atoms with van der Waals surface area (Å²) in [7, 11) is 0. The fourth-order valence-electron chi connectivity index (χ4n) is 3.06. The monoisotopic (exact) mass is 287 g/mol. The van der Waals surface area contributed by atoms with E-state index in [0.29, 0.717) is 6.04 Å². The van der Waals surface area contributed by atoms with Crippen molar-refractivity contribution in [2.45, 2.75) is 45.7 Å². The fraction of sp³-hybridized carbons (Fsp3) is 0.625. The zero-order valence-electron chi connectivity index (χ0n) is 13.0. The SMILES string of the molecule is CCCN1CCC(NCc2cnc3cc(C)nn3c2)CC1. The van der Waals surface area contributed by atoms with Crippen LogP contribution in [0.5, 0.6) is 0 Å². The van der Waals surface area contributed by atoms with Gasteiger partial charge in [0.2, 0.25) is 0 Å². The second-order valence-corrected chi connectivity index (χ2v) is 6.05. The molecule has 1 aliphatic rings. The first kappa shape index (κ1) is 14.5. The van der Waals surface area contributed by atoms with Crippen molar-refractivity contribution < 1.29 is 0 Å². The summed E-state index contributed by atoms with van der Waals surface area (Å²) in [6, 6.07) is 2.63. The average Bonchev–Trinajstić information content (AvgIpc) is 2.86. The van der Waals surface area contributed by atoms with Gasteiger partial charge >= 0.3 is 0 Å². The Balaban J connectivity index is 1.52. The van der Waals surface area contributed by atoms with E-state index in [0.717, 1.165) is 17.9 Å². The quantitative estimate of drug-likeness (QED) is 0.913. The molecule has 0 unspecified atom stereocenters. The van der Waals surface area contributed by atoms with E-state index in [9.17, 15) is 0 Å². The molecule has 2 aromatic heterocycles. The van der Waals surface area contributed by atoms with Crippen LogP contribution in [0.2, 0.25) is 0 Å². The molecule has 0 radical (unpaired) electrons. The number of nitrogens with zero attached hydrogens (tertiary/aromatic N) is 4. The Morgan fingerprint density at radius 1 is 1.33 bits per heavy atom. The third-order valence-corrected chi connectivity index (χ3v) is 4.21. The van der Waals surface area contributed by atoms with Crippen LogP contribution in [-0.4, -0.2) is 45.2 Å². The first-order chi connectivity index (χ1) is 10.2. The highest BCUT2D eigenvalue weighted by atomic mass is 15.2. The van der Waals surface area contributed by atoms with Crippen molar-refractivity contribution >= 4 is 5.65 Å². The van der Waals surface area contributed by atoms with Crippen LogP contribution in [0, 0.1) is 6.92 Å². The second-order valence-electron chi connectivity index (χ2n) is 6.05. The average molecular weight is 287 g/mol. The van der Waals surface area contributed by atoms with E-state index in [1.54, 1.807) is 0 Å². The van der Waals surface area contributed by atoms with E-state index in [4.69, 9.17) is 0 Å². The fourth-order valence-corrected chi connectivity index (χ4v) is 3.06. The smallest absolute Gasteiger partial charge is 0.155 e. The number of rotatable bonds is 5. The van der Waals surface area contributed by atoms with Gasteiger partial charge in [0.15, 0.2) is 5.65 Å². The standard InChI is InChI=1S/C16H25N5/c1-3-6-20-7-4-15(5-8-20)17-10-14-11-18-16-9-13(2)19-21(16)12-14/h9,11-12,15,17H,3-8,10H2,1-2H3. The molecular formula is C16H25N5. The molecule has 1 fully saturated rings. The van der Waals surface area contributed by atoms with Gasteiger partial charge in [-0.15, -0.1) is 0 Å². The van der Waals surface area contributed by atoms with Gasteiger partial charge < -0.3 is 10.2 Å². The van der Waals surface area contributed by atoms with Crippen molar-refractivity contribution in [2.75, 3.05) is 19.6 Å². The molecule has 5 nitrogen and oxygen atoms in total. The molecule has 0 amide bonds. The van der Waals surface area contributed by atoms with Crippen LogP contribution < -0.4 is 5.32 Å². The third-order valence-electron chi connectivity index (χ3n) is 4.21. The van der Waals surface area contributed by atoms with Gasteiger partial charge in [-0.1, -0.05) is 6.92 Å². The van der Waals surface area contributed by atoms with Gasteiger partial charge in [-0.25, -0.2) is 9.50 Å². The number of piperidine rings is 1. The topological polar surface area (TPSA) is 45.5 Å². The van der Waals surface area contributed by atoms with Gasteiger partial charge in [0.05, 0.1) is 5.69 Å². The lowest BCUT2D eigenvalue weighted by Gasteiger charge is -2.32. The maximum atomic E-state index is 4.45. The van der Waals surface area contributed by atoms with Crippen molar-refractivity contribution in [3.63, 3.8) is 0 Å². The number of aromatic nitrogens is 3. The normalized spacial score (nSPS) is 17.6. The highest BCUT2D eigenvalue weighted by Crippen LogP contribution is 2.12. The number of hydrogen-bond acceptors (Lipinski definition) is 4. The highest BCUT2D eigenvalue weighted by Gasteiger charge is 2.17. The van der Waals surface area contributed by atoms with Gasteiger partial charge in [-0.3, -0.25) is 0 Å². The number of aryl methyl sites for hydroxylation is 1. The molecule has 1 aliphatic heterocycles. The lowest BCUT2D eigenvalue weighted by Crippen LogP contribution is -2.42. The minimum absolute atomic E-state index is 0.633. The number of hydrogen-bond donors (Lipinski definition) is 1. The lowest BCUT2D eigenvalue weighted by molar-refractivity contribution is 0.197. The molecule has 2 aromatic rings. The molecule has 3 heterocycles. The van der Waals surface area contributed by atoms with Gasteiger partial charge in [0.1, 0.15) is 0 Å². The minimum atomic E-state index is 0.633. The van der Waals surface area contributed by atoms with Gasteiger partial charge in [-0.05, 0) is 45.8 Å². The summed E-state index contributed by atoms with van der Waals surface area (Å²) in [6.07, 6.45) is 7.78. The third kappa shape index (κ3) is 3.60. The molecule has 0 atom stereocenters. The maximum Gasteiger partial charge on any atom is 0.155 e. The Hall–Kier alpha value is -1.46. The van der Waals surface area contributed by atoms with Crippen LogP contribution in [-0.2, 0) is 6.54 Å². The zero-order chi connectivity index (χ0) is 14.7. The number of fused-ring (bicyclic) bond motifs is 1. The lowest BCUT2D eigenvalue weighted by atomic mass is 10.0. The summed E-state index contributed by atoms with van der Waals surface area (Å²) < 4.78 is 1.87. The molecule has 114 valence electrons. The van der Waals surface area contributed by atoms with Crippen molar-refractivity contribution in [1.29, 1.82) is 0 Å². The number of likely N-dealkylation sites (tertiary alicyclic amines) is 1. The molecule has 0 aliphatic carbocycles. The van der Waals surface area contributed by atoms with Crippen molar-refractivity contribution in [1.82, 2.24) is 24.8 Å². The summed E-state index contributed by atoms with van der Waals surface area (Å²) in [4.78, 5) is 7.02. The first-order valence-corrected chi connectivity index (χ1v) is 8.01. The first-order valence-electron chi connectivity index (χ1n) is 8.01. The van der Waals surface area contributed by atoms with Crippen LogP contribution in [0.3, 0.4) is 0 Å². The molecule has 1 N–H and O–H groups in total. The summed E-state index contributed by atoms with van der Waals surface area (Å²) in [5.41, 5.74) is 3.13. The Morgan fingerprint density at radius 2 is 2.14 bits per heavy atom. The molecule has 3 rings (SSSR count).